The summed E-state index contributed by atoms with van der Waals surface area (Å²) in [6.45, 7) is -0.242. The Kier molecular flexibility index (Phi) is 5.37. The monoisotopic (exact) mass is 414 g/mol. The first-order valence-electron chi connectivity index (χ1n) is 9.66. The van der Waals surface area contributed by atoms with Crippen LogP contribution < -0.4 is 0 Å². The van der Waals surface area contributed by atoms with E-state index in [1.807, 2.05) is 0 Å². The summed E-state index contributed by atoms with van der Waals surface area (Å²) in [7, 11) is 0. The van der Waals surface area contributed by atoms with Crippen LogP contribution in [0, 0.1) is 17.7 Å². The number of rotatable bonds is 4. The van der Waals surface area contributed by atoms with Crippen molar-refractivity contribution in [1.29, 1.82) is 0 Å². The van der Waals surface area contributed by atoms with Gasteiger partial charge in [-0.1, -0.05) is 54.8 Å². The van der Waals surface area contributed by atoms with Gasteiger partial charge in [0.25, 0.3) is 17.7 Å². The zero-order valence-electron chi connectivity index (χ0n) is 15.7. The fourth-order valence-corrected chi connectivity index (χ4v) is 4.39. The molecular weight excluding hydrogens is 395 g/mol. The summed E-state index contributed by atoms with van der Waals surface area (Å²) in [5.74, 6) is -2.75. The molecule has 0 aromatic heterocycles. The van der Waals surface area contributed by atoms with E-state index in [0.29, 0.717) is 12.8 Å². The van der Waals surface area contributed by atoms with Gasteiger partial charge in [0.15, 0.2) is 0 Å². The van der Waals surface area contributed by atoms with E-state index in [4.69, 9.17) is 11.6 Å². The lowest BCUT2D eigenvalue weighted by Gasteiger charge is -2.31. The third-order valence-electron chi connectivity index (χ3n) is 5.68. The largest absolute Gasteiger partial charge is 0.274 e. The number of halogens is 2. The molecule has 29 heavy (non-hydrogen) atoms. The highest BCUT2D eigenvalue weighted by Gasteiger charge is 2.51. The van der Waals surface area contributed by atoms with Gasteiger partial charge in [-0.15, -0.1) is 0 Å². The van der Waals surface area contributed by atoms with Gasteiger partial charge in [0, 0.05) is 5.56 Å². The molecule has 0 bridgehead atoms. The zero-order valence-corrected chi connectivity index (χ0v) is 16.4. The van der Waals surface area contributed by atoms with Crippen molar-refractivity contribution >= 4 is 29.3 Å². The Morgan fingerprint density at radius 2 is 1.59 bits per heavy atom. The molecule has 0 radical (unpaired) electrons. The SMILES string of the molecule is O=C(c1ccccc1Cl)N(Cc1ccccc1F)N1C(=O)[C@H]2CCCC[C@@H]2C1=O. The first-order chi connectivity index (χ1) is 14.0. The summed E-state index contributed by atoms with van der Waals surface area (Å²) >= 11 is 6.19. The minimum absolute atomic E-state index is 0.154. The van der Waals surface area contributed by atoms with Gasteiger partial charge in [0.1, 0.15) is 5.82 Å². The lowest BCUT2D eigenvalue weighted by atomic mass is 9.81. The average molecular weight is 415 g/mol. The highest BCUT2D eigenvalue weighted by molar-refractivity contribution is 6.33. The molecule has 1 aliphatic carbocycles. The molecule has 0 spiro atoms. The fourth-order valence-electron chi connectivity index (χ4n) is 4.18. The molecule has 3 amide bonds. The predicted molar refractivity (Wildman–Crippen MR) is 105 cm³/mol. The Morgan fingerprint density at radius 1 is 1.00 bits per heavy atom. The van der Waals surface area contributed by atoms with Crippen molar-refractivity contribution in [1.82, 2.24) is 10.0 Å². The van der Waals surface area contributed by atoms with Crippen LogP contribution in [-0.2, 0) is 16.1 Å². The van der Waals surface area contributed by atoms with Crippen LogP contribution in [0.2, 0.25) is 5.02 Å². The Labute approximate surface area is 173 Å². The van der Waals surface area contributed by atoms with Crippen molar-refractivity contribution in [2.24, 2.45) is 11.8 Å². The number of fused-ring (bicyclic) bond motifs is 1. The molecule has 2 aromatic carbocycles. The third kappa shape index (κ3) is 3.53. The van der Waals surface area contributed by atoms with Crippen LogP contribution in [0.1, 0.15) is 41.6 Å². The van der Waals surface area contributed by atoms with Crippen LogP contribution in [0.3, 0.4) is 0 Å². The molecular formula is C22H20ClFN2O3. The predicted octanol–water partition coefficient (Wildman–Crippen LogP) is 4.21. The molecule has 2 fully saturated rings. The van der Waals surface area contributed by atoms with Crippen LogP contribution in [0.15, 0.2) is 48.5 Å². The normalized spacial score (nSPS) is 21.2. The van der Waals surface area contributed by atoms with Crippen molar-refractivity contribution in [3.05, 3.63) is 70.5 Å². The maximum Gasteiger partial charge on any atom is 0.274 e. The molecule has 1 saturated carbocycles. The lowest BCUT2D eigenvalue weighted by Crippen LogP contribution is -2.50. The van der Waals surface area contributed by atoms with Crippen molar-refractivity contribution < 1.29 is 18.8 Å². The van der Waals surface area contributed by atoms with E-state index >= 15 is 0 Å². The van der Waals surface area contributed by atoms with Crippen LogP contribution >= 0.6 is 11.6 Å². The highest BCUT2D eigenvalue weighted by Crippen LogP contribution is 2.39. The quantitative estimate of drug-likeness (QED) is 0.704. The molecule has 1 aliphatic heterocycles. The molecule has 1 saturated heterocycles. The van der Waals surface area contributed by atoms with Crippen molar-refractivity contribution in [3.8, 4) is 0 Å². The smallest absolute Gasteiger partial charge is 0.272 e. The molecule has 0 unspecified atom stereocenters. The van der Waals surface area contributed by atoms with Gasteiger partial charge in [-0.05, 0) is 31.0 Å². The molecule has 1 heterocycles. The second-order valence-corrected chi connectivity index (χ2v) is 7.83. The number of hydrogen-bond acceptors (Lipinski definition) is 3. The van der Waals surface area contributed by atoms with Gasteiger partial charge < -0.3 is 0 Å². The molecule has 2 aromatic rings. The van der Waals surface area contributed by atoms with E-state index in [-0.39, 0.29) is 22.7 Å². The molecule has 2 atom stereocenters. The molecule has 7 heteroatoms. The summed E-state index contributed by atoms with van der Waals surface area (Å²) in [5.41, 5.74) is 0.365. The van der Waals surface area contributed by atoms with E-state index in [1.54, 1.807) is 30.3 Å². The van der Waals surface area contributed by atoms with E-state index in [2.05, 4.69) is 0 Å². The number of carbonyl (C=O) groups is 3. The molecule has 2 aliphatic rings. The number of benzene rings is 2. The fraction of sp³-hybridized carbons (Fsp3) is 0.318. The zero-order chi connectivity index (χ0) is 20.5. The average Bonchev–Trinajstić information content (AvgIpc) is 2.98. The second-order valence-electron chi connectivity index (χ2n) is 7.42. The van der Waals surface area contributed by atoms with Gasteiger partial charge in [-0.3, -0.25) is 14.4 Å². The molecule has 5 nitrogen and oxygen atoms in total. The summed E-state index contributed by atoms with van der Waals surface area (Å²) < 4.78 is 14.3. The van der Waals surface area contributed by atoms with Gasteiger partial charge in [-0.2, -0.15) is 5.01 Å². The van der Waals surface area contributed by atoms with Crippen LogP contribution in [0.4, 0.5) is 4.39 Å². The van der Waals surface area contributed by atoms with Gasteiger partial charge in [0.2, 0.25) is 0 Å². The summed E-state index contributed by atoms with van der Waals surface area (Å²) in [6, 6.07) is 12.4. The molecule has 150 valence electrons. The van der Waals surface area contributed by atoms with Crippen LogP contribution in [0.25, 0.3) is 0 Å². The number of carbonyl (C=O) groups excluding carboxylic acids is 3. The number of hydrogen-bond donors (Lipinski definition) is 0. The lowest BCUT2D eigenvalue weighted by molar-refractivity contribution is -0.155. The number of hydrazine groups is 1. The van der Waals surface area contributed by atoms with Crippen molar-refractivity contribution in [2.45, 2.75) is 32.2 Å². The van der Waals surface area contributed by atoms with Gasteiger partial charge in [-0.25, -0.2) is 9.40 Å². The van der Waals surface area contributed by atoms with Gasteiger partial charge >= 0.3 is 0 Å². The summed E-state index contributed by atoms with van der Waals surface area (Å²) in [4.78, 5) is 39.5. The topological polar surface area (TPSA) is 57.7 Å². The Morgan fingerprint density at radius 3 is 2.21 bits per heavy atom. The van der Waals surface area contributed by atoms with Crippen LogP contribution in [-0.4, -0.2) is 27.7 Å². The maximum absolute atomic E-state index is 14.3. The number of nitrogens with zero attached hydrogens (tertiary/aromatic N) is 2. The minimum atomic E-state index is -0.612. The minimum Gasteiger partial charge on any atom is -0.272 e. The first kappa shape index (κ1) is 19.6. The standard InChI is InChI=1S/C22H20ClFN2O3/c23-18-11-5-4-10-17(18)20(27)25(13-14-7-1-6-12-19(14)24)26-21(28)15-8-2-3-9-16(15)22(26)29/h1,4-7,10-12,15-16H,2-3,8-9,13H2/t15-,16-/m0/s1. The number of imide groups is 1. The Hall–Kier alpha value is -2.73. The highest BCUT2D eigenvalue weighted by atomic mass is 35.5. The van der Waals surface area contributed by atoms with E-state index in [1.165, 1.54) is 18.2 Å². The number of amides is 3. The van der Waals surface area contributed by atoms with Crippen LogP contribution in [0.5, 0.6) is 0 Å². The van der Waals surface area contributed by atoms with Crippen molar-refractivity contribution in [3.63, 3.8) is 0 Å². The first-order valence-corrected chi connectivity index (χ1v) is 10.0. The maximum atomic E-state index is 14.3. The van der Waals surface area contributed by atoms with E-state index in [9.17, 15) is 18.8 Å². The van der Waals surface area contributed by atoms with Crippen molar-refractivity contribution in [2.75, 3.05) is 0 Å². The summed E-state index contributed by atoms with van der Waals surface area (Å²) in [5, 5.41) is 2.18. The third-order valence-corrected chi connectivity index (χ3v) is 6.01. The second kappa shape index (κ2) is 7.95. The van der Waals surface area contributed by atoms with Gasteiger partial charge in [0.05, 0.1) is 29.0 Å². The Bertz CT molecular complexity index is 956. The molecule has 4 rings (SSSR count). The molecule has 0 N–H and O–H groups in total. The Balaban J connectivity index is 1.75. The summed E-state index contributed by atoms with van der Waals surface area (Å²) in [6.07, 6.45) is 3.00. The van der Waals surface area contributed by atoms with E-state index in [0.717, 1.165) is 22.9 Å². The van der Waals surface area contributed by atoms with E-state index < -0.39 is 35.4 Å².